The number of hydrogen-bond acceptors (Lipinski definition) is 8. The molecule has 0 fully saturated rings. The largest absolute Gasteiger partial charge is 0.486 e. The SMILES string of the molecule is C[C@@H]1CN([C@@H](C)CO)C(=O)c2cccc(NC(=O)c3nc4ccccc4s3)c2O[C@@H]1CN(C)Cc1ccc(Oc2ccccc2)cc1. The molecular formula is C37H38N4O5S. The first kappa shape index (κ1) is 32.2. The van der Waals surface area contributed by atoms with Crippen LogP contribution in [-0.4, -0.2) is 70.6 Å². The number of aliphatic hydroxyl groups excluding tert-OH is 1. The molecule has 0 saturated heterocycles. The maximum Gasteiger partial charge on any atom is 0.284 e. The van der Waals surface area contributed by atoms with Crippen molar-refractivity contribution in [1.82, 2.24) is 14.8 Å². The van der Waals surface area contributed by atoms with E-state index >= 15 is 0 Å². The van der Waals surface area contributed by atoms with E-state index in [0.717, 1.165) is 27.3 Å². The zero-order valence-corrected chi connectivity index (χ0v) is 27.4. The number of amides is 2. The fraction of sp³-hybridized carbons (Fsp3) is 0.270. The molecule has 3 atom stereocenters. The van der Waals surface area contributed by atoms with Crippen LogP contribution in [0.4, 0.5) is 5.69 Å². The number of rotatable bonds is 10. The van der Waals surface area contributed by atoms with Crippen molar-refractivity contribution in [3.05, 3.63) is 113 Å². The van der Waals surface area contributed by atoms with Gasteiger partial charge in [-0.1, -0.05) is 55.5 Å². The lowest BCUT2D eigenvalue weighted by atomic mass is 9.98. The van der Waals surface area contributed by atoms with E-state index < -0.39 is 6.04 Å². The Morgan fingerprint density at radius 1 is 1.04 bits per heavy atom. The Kier molecular flexibility index (Phi) is 9.81. The molecule has 0 unspecified atom stereocenters. The van der Waals surface area contributed by atoms with Gasteiger partial charge in [-0.3, -0.25) is 14.5 Å². The number of para-hydroxylation sites is 3. The molecule has 2 N–H and O–H groups in total. The van der Waals surface area contributed by atoms with E-state index in [9.17, 15) is 14.7 Å². The predicted molar refractivity (Wildman–Crippen MR) is 184 cm³/mol. The van der Waals surface area contributed by atoms with Gasteiger partial charge in [0.2, 0.25) is 0 Å². The number of aromatic nitrogens is 1. The Labute approximate surface area is 278 Å². The van der Waals surface area contributed by atoms with Crippen molar-refractivity contribution in [3.8, 4) is 17.2 Å². The maximum atomic E-state index is 13.9. The van der Waals surface area contributed by atoms with Crippen LogP contribution in [0.25, 0.3) is 10.2 Å². The summed E-state index contributed by atoms with van der Waals surface area (Å²) in [6.45, 7) is 5.34. The van der Waals surface area contributed by atoms with Crippen LogP contribution in [-0.2, 0) is 6.54 Å². The standard InChI is InChI=1S/C37H38N4O5S/c1-24-20-41(25(2)23-42)37(44)29-12-9-14-31(38-35(43)36-39-30-13-7-8-15-33(30)47-36)34(29)46-32(24)22-40(3)21-26-16-18-28(19-17-26)45-27-10-5-4-6-11-27/h4-19,24-25,32,42H,20-23H2,1-3H3,(H,38,43)/t24-,25+,32-/m1/s1. The monoisotopic (exact) mass is 650 g/mol. The van der Waals surface area contributed by atoms with Crippen LogP contribution in [0.1, 0.15) is 39.6 Å². The number of nitrogens with one attached hydrogen (secondary N) is 1. The van der Waals surface area contributed by atoms with Gasteiger partial charge in [-0.15, -0.1) is 11.3 Å². The second-order valence-corrected chi connectivity index (χ2v) is 13.0. The van der Waals surface area contributed by atoms with Gasteiger partial charge < -0.3 is 24.8 Å². The van der Waals surface area contributed by atoms with Crippen molar-refractivity contribution in [2.75, 3.05) is 32.1 Å². The summed E-state index contributed by atoms with van der Waals surface area (Å²) in [7, 11) is 2.03. The number of hydrogen-bond donors (Lipinski definition) is 2. The van der Waals surface area contributed by atoms with Gasteiger partial charge in [0.25, 0.3) is 11.8 Å². The minimum absolute atomic E-state index is 0.0850. The van der Waals surface area contributed by atoms with Gasteiger partial charge in [0.1, 0.15) is 17.6 Å². The Bertz CT molecular complexity index is 1810. The summed E-state index contributed by atoms with van der Waals surface area (Å²) in [6, 6.07) is 30.1. The van der Waals surface area contributed by atoms with Gasteiger partial charge in [-0.25, -0.2) is 4.98 Å². The molecule has 1 aliphatic heterocycles. The molecule has 242 valence electrons. The quantitative estimate of drug-likeness (QED) is 0.174. The van der Waals surface area contributed by atoms with Crippen LogP contribution >= 0.6 is 11.3 Å². The lowest BCUT2D eigenvalue weighted by Gasteiger charge is -2.38. The lowest BCUT2D eigenvalue weighted by molar-refractivity contribution is 0.0343. The molecular weight excluding hydrogens is 612 g/mol. The van der Waals surface area contributed by atoms with E-state index in [1.165, 1.54) is 11.3 Å². The fourth-order valence-electron chi connectivity index (χ4n) is 5.68. The molecule has 0 saturated carbocycles. The molecule has 0 radical (unpaired) electrons. The van der Waals surface area contributed by atoms with E-state index in [0.29, 0.717) is 41.6 Å². The van der Waals surface area contributed by atoms with Crippen LogP contribution in [0.3, 0.4) is 0 Å². The fourth-order valence-corrected chi connectivity index (χ4v) is 6.54. The van der Waals surface area contributed by atoms with Crippen molar-refractivity contribution in [1.29, 1.82) is 0 Å². The van der Waals surface area contributed by atoms with E-state index in [1.807, 2.05) is 99.8 Å². The number of fused-ring (bicyclic) bond motifs is 2. The predicted octanol–water partition coefficient (Wildman–Crippen LogP) is 6.69. The summed E-state index contributed by atoms with van der Waals surface area (Å²) in [5.41, 5.74) is 2.59. The smallest absolute Gasteiger partial charge is 0.284 e. The van der Waals surface area contributed by atoms with Gasteiger partial charge in [0.15, 0.2) is 10.8 Å². The summed E-state index contributed by atoms with van der Waals surface area (Å²) in [6.07, 6.45) is -0.332. The molecule has 1 aliphatic rings. The Morgan fingerprint density at radius 2 is 1.77 bits per heavy atom. The highest BCUT2D eigenvalue weighted by Gasteiger charge is 2.34. The number of anilines is 1. The number of ether oxygens (including phenoxy) is 2. The zero-order chi connectivity index (χ0) is 32.9. The first-order valence-corrected chi connectivity index (χ1v) is 16.5. The Balaban J connectivity index is 1.23. The number of aliphatic hydroxyl groups is 1. The number of thiazole rings is 1. The number of likely N-dealkylation sites (N-methyl/N-ethyl adjacent to an activating group) is 1. The first-order valence-electron chi connectivity index (χ1n) is 15.7. The topological polar surface area (TPSA) is 104 Å². The van der Waals surface area contributed by atoms with Gasteiger partial charge >= 0.3 is 0 Å². The van der Waals surface area contributed by atoms with Crippen molar-refractivity contribution in [3.63, 3.8) is 0 Å². The van der Waals surface area contributed by atoms with Crippen molar-refractivity contribution < 1.29 is 24.2 Å². The third-order valence-electron chi connectivity index (χ3n) is 8.27. The van der Waals surface area contributed by atoms with E-state index in [1.54, 1.807) is 23.1 Å². The average molecular weight is 651 g/mol. The second kappa shape index (κ2) is 14.3. The molecule has 0 spiro atoms. The number of benzene rings is 4. The molecule has 9 nitrogen and oxygen atoms in total. The molecule has 10 heteroatoms. The number of carbonyl (C=O) groups excluding carboxylic acids is 2. The average Bonchev–Trinajstić information content (AvgIpc) is 3.52. The zero-order valence-electron chi connectivity index (χ0n) is 26.6. The minimum atomic E-state index is -0.396. The molecule has 47 heavy (non-hydrogen) atoms. The normalized spacial score (nSPS) is 17.0. The van der Waals surface area contributed by atoms with Gasteiger partial charge in [0, 0.05) is 25.6 Å². The third-order valence-corrected chi connectivity index (χ3v) is 9.31. The van der Waals surface area contributed by atoms with Crippen molar-refractivity contribution in [2.45, 2.75) is 32.5 Å². The summed E-state index contributed by atoms with van der Waals surface area (Å²) in [4.78, 5) is 35.7. The van der Waals surface area contributed by atoms with Gasteiger partial charge in [-0.2, -0.15) is 0 Å². The molecule has 2 amide bonds. The summed E-state index contributed by atoms with van der Waals surface area (Å²) < 4.78 is 13.6. The Morgan fingerprint density at radius 3 is 2.51 bits per heavy atom. The highest BCUT2D eigenvalue weighted by molar-refractivity contribution is 7.20. The molecule has 1 aromatic heterocycles. The second-order valence-electron chi connectivity index (χ2n) is 12.0. The van der Waals surface area contributed by atoms with Gasteiger partial charge in [0.05, 0.1) is 34.1 Å². The summed E-state index contributed by atoms with van der Waals surface area (Å²) in [5.74, 6) is 1.15. The number of carbonyl (C=O) groups is 2. The Hall–Kier alpha value is -4.77. The van der Waals surface area contributed by atoms with Crippen LogP contribution < -0.4 is 14.8 Å². The van der Waals surface area contributed by atoms with E-state index in [2.05, 4.69) is 15.2 Å². The first-order chi connectivity index (χ1) is 22.8. The van der Waals surface area contributed by atoms with Gasteiger partial charge in [-0.05, 0) is 68.1 Å². The van der Waals surface area contributed by atoms with E-state index in [4.69, 9.17) is 9.47 Å². The highest BCUT2D eigenvalue weighted by atomic mass is 32.1. The number of nitrogens with zero attached hydrogens (tertiary/aromatic N) is 3. The molecule has 5 aromatic rings. The van der Waals surface area contributed by atoms with Crippen molar-refractivity contribution >= 4 is 39.1 Å². The lowest BCUT2D eigenvalue weighted by Crippen LogP contribution is -2.49. The molecule has 2 heterocycles. The molecule has 6 rings (SSSR count). The third kappa shape index (κ3) is 7.46. The minimum Gasteiger partial charge on any atom is -0.486 e. The van der Waals surface area contributed by atoms with Crippen LogP contribution in [0.5, 0.6) is 17.2 Å². The molecule has 4 aromatic carbocycles. The van der Waals surface area contributed by atoms with Crippen LogP contribution in [0.2, 0.25) is 0 Å². The summed E-state index contributed by atoms with van der Waals surface area (Å²) in [5, 5.41) is 13.3. The van der Waals surface area contributed by atoms with Crippen LogP contribution in [0.15, 0.2) is 97.1 Å². The highest BCUT2D eigenvalue weighted by Crippen LogP contribution is 2.36. The maximum absolute atomic E-state index is 13.9. The molecule has 0 bridgehead atoms. The molecule has 0 aliphatic carbocycles. The van der Waals surface area contributed by atoms with Crippen LogP contribution in [0, 0.1) is 5.92 Å². The van der Waals surface area contributed by atoms with E-state index in [-0.39, 0.29) is 30.4 Å². The van der Waals surface area contributed by atoms with Crippen molar-refractivity contribution in [2.24, 2.45) is 5.92 Å². The summed E-state index contributed by atoms with van der Waals surface area (Å²) >= 11 is 1.31.